The van der Waals surface area contributed by atoms with Gasteiger partial charge < -0.3 is 11.5 Å². The molecule has 0 saturated heterocycles. The molecule has 4 nitrogen and oxygen atoms in total. The van der Waals surface area contributed by atoms with Crippen LogP contribution in [0, 0.1) is 0 Å². The average molecular weight is 150 g/mol. The second-order valence-electron chi connectivity index (χ2n) is 2.00. The molecule has 4 heteroatoms. The van der Waals surface area contributed by atoms with Crippen molar-refractivity contribution < 1.29 is 0 Å². The molecular weight excluding hydrogens is 140 g/mol. The Hall–Kier alpha value is -1.42. The first kappa shape index (κ1) is 7.68. The van der Waals surface area contributed by atoms with E-state index in [1.54, 1.807) is 18.3 Å². The summed E-state index contributed by atoms with van der Waals surface area (Å²) >= 11 is 0. The molecule has 11 heavy (non-hydrogen) atoms. The van der Waals surface area contributed by atoms with Crippen LogP contribution in [-0.2, 0) is 0 Å². The normalized spacial score (nSPS) is 10.6. The van der Waals surface area contributed by atoms with E-state index in [1.807, 2.05) is 0 Å². The predicted octanol–water partition coefficient (Wildman–Crippen LogP) is 0.0307. The second kappa shape index (κ2) is 3.68. The summed E-state index contributed by atoms with van der Waals surface area (Å²) in [6.45, 7) is 0.506. The van der Waals surface area contributed by atoms with Crippen LogP contribution in [0.1, 0.15) is 5.69 Å². The first-order valence-corrected chi connectivity index (χ1v) is 3.27. The summed E-state index contributed by atoms with van der Waals surface area (Å²) < 4.78 is 0. The molecule has 0 aliphatic carbocycles. The number of aromatic nitrogens is 2. The molecule has 0 amide bonds. The number of hydrogen-bond donors (Lipinski definition) is 2. The highest BCUT2D eigenvalue weighted by Gasteiger charge is 1.87. The van der Waals surface area contributed by atoms with Crippen molar-refractivity contribution in [1.82, 2.24) is 9.97 Å². The van der Waals surface area contributed by atoms with E-state index in [4.69, 9.17) is 11.5 Å². The van der Waals surface area contributed by atoms with Crippen molar-refractivity contribution in [3.63, 3.8) is 0 Å². The monoisotopic (exact) mass is 150 g/mol. The molecule has 1 rings (SSSR count). The minimum atomic E-state index is 0.426. The number of nitrogens with zero attached hydrogens (tertiary/aromatic N) is 2. The number of nitrogen functional groups attached to an aromatic ring is 1. The van der Waals surface area contributed by atoms with E-state index in [-0.39, 0.29) is 0 Å². The molecule has 0 aliphatic heterocycles. The molecule has 0 radical (unpaired) electrons. The number of rotatable bonds is 2. The van der Waals surface area contributed by atoms with Crippen LogP contribution in [0.4, 0.5) is 5.82 Å². The lowest BCUT2D eigenvalue weighted by Gasteiger charge is -1.91. The molecular formula is C7H10N4. The smallest absolute Gasteiger partial charge is 0.141 e. The Labute approximate surface area is 65.0 Å². The Morgan fingerprint density at radius 1 is 1.36 bits per heavy atom. The minimum absolute atomic E-state index is 0.426. The van der Waals surface area contributed by atoms with Crippen molar-refractivity contribution in [3.8, 4) is 0 Å². The van der Waals surface area contributed by atoms with E-state index in [2.05, 4.69) is 9.97 Å². The second-order valence-corrected chi connectivity index (χ2v) is 2.00. The van der Waals surface area contributed by atoms with Gasteiger partial charge in [0.2, 0.25) is 0 Å². The Balaban J connectivity index is 2.73. The molecule has 0 unspecified atom stereocenters. The summed E-state index contributed by atoms with van der Waals surface area (Å²) in [5.74, 6) is 0.426. The predicted molar refractivity (Wildman–Crippen MR) is 44.5 cm³/mol. The van der Waals surface area contributed by atoms with Gasteiger partial charge in [-0.2, -0.15) is 0 Å². The van der Waals surface area contributed by atoms with Crippen molar-refractivity contribution in [1.29, 1.82) is 0 Å². The molecule has 0 fully saturated rings. The Bertz CT molecular complexity index is 239. The molecule has 1 aromatic rings. The lowest BCUT2D eigenvalue weighted by atomic mass is 10.4. The number of anilines is 1. The lowest BCUT2D eigenvalue weighted by Crippen LogP contribution is -1.94. The maximum absolute atomic E-state index is 5.33. The Morgan fingerprint density at radius 3 is 2.73 bits per heavy atom. The zero-order valence-corrected chi connectivity index (χ0v) is 6.07. The van der Waals surface area contributed by atoms with Gasteiger partial charge in [-0.05, 0) is 6.08 Å². The van der Waals surface area contributed by atoms with Gasteiger partial charge in [-0.25, -0.2) is 4.98 Å². The highest BCUT2D eigenvalue weighted by molar-refractivity contribution is 5.44. The van der Waals surface area contributed by atoms with E-state index in [0.717, 1.165) is 5.69 Å². The third kappa shape index (κ3) is 2.35. The molecule has 1 heterocycles. The standard InChI is InChI=1S/C7H10N4/c8-3-1-2-6-4-11-7(9)5-10-6/h1-2,4-5H,3,8H2,(H2,9,11). The molecule has 0 bridgehead atoms. The Kier molecular flexibility index (Phi) is 2.57. The van der Waals surface area contributed by atoms with E-state index < -0.39 is 0 Å². The summed E-state index contributed by atoms with van der Waals surface area (Å²) in [7, 11) is 0. The molecule has 0 aliphatic rings. The summed E-state index contributed by atoms with van der Waals surface area (Å²) in [5, 5.41) is 0. The van der Waals surface area contributed by atoms with Crippen molar-refractivity contribution >= 4 is 11.9 Å². The maximum Gasteiger partial charge on any atom is 0.141 e. The largest absolute Gasteiger partial charge is 0.382 e. The van der Waals surface area contributed by atoms with Crippen LogP contribution in [0.2, 0.25) is 0 Å². The molecule has 58 valence electrons. The van der Waals surface area contributed by atoms with Crippen LogP contribution in [-0.4, -0.2) is 16.5 Å². The summed E-state index contributed by atoms with van der Waals surface area (Å²) in [6.07, 6.45) is 6.71. The van der Waals surface area contributed by atoms with Gasteiger partial charge in [0.1, 0.15) is 5.82 Å². The molecule has 1 aromatic heterocycles. The Morgan fingerprint density at radius 2 is 2.18 bits per heavy atom. The van der Waals surface area contributed by atoms with Crippen LogP contribution >= 0.6 is 0 Å². The highest BCUT2D eigenvalue weighted by atomic mass is 14.9. The fraction of sp³-hybridized carbons (Fsp3) is 0.143. The fourth-order valence-corrected chi connectivity index (χ4v) is 0.623. The van der Waals surface area contributed by atoms with Crippen LogP contribution in [0.25, 0.3) is 6.08 Å². The fourth-order valence-electron chi connectivity index (χ4n) is 0.623. The van der Waals surface area contributed by atoms with Crippen LogP contribution < -0.4 is 11.5 Å². The zero-order chi connectivity index (χ0) is 8.10. The minimum Gasteiger partial charge on any atom is -0.382 e. The molecule has 0 aromatic carbocycles. The van der Waals surface area contributed by atoms with Crippen molar-refractivity contribution in [2.75, 3.05) is 12.3 Å². The van der Waals surface area contributed by atoms with Gasteiger partial charge in [-0.15, -0.1) is 0 Å². The van der Waals surface area contributed by atoms with Gasteiger partial charge in [-0.3, -0.25) is 4.98 Å². The third-order valence-electron chi connectivity index (χ3n) is 1.12. The van der Waals surface area contributed by atoms with E-state index in [9.17, 15) is 0 Å². The van der Waals surface area contributed by atoms with Gasteiger partial charge in [0.15, 0.2) is 0 Å². The highest BCUT2D eigenvalue weighted by Crippen LogP contribution is 1.97. The van der Waals surface area contributed by atoms with E-state index in [0.29, 0.717) is 12.4 Å². The third-order valence-corrected chi connectivity index (χ3v) is 1.12. The average Bonchev–Trinajstić information content (AvgIpc) is 2.04. The van der Waals surface area contributed by atoms with E-state index in [1.165, 1.54) is 6.20 Å². The molecule has 0 spiro atoms. The quantitative estimate of drug-likeness (QED) is 0.623. The summed E-state index contributed by atoms with van der Waals surface area (Å²) in [5.41, 5.74) is 11.3. The molecule has 4 N–H and O–H groups in total. The van der Waals surface area contributed by atoms with Crippen molar-refractivity contribution in [2.24, 2.45) is 5.73 Å². The van der Waals surface area contributed by atoms with Crippen LogP contribution in [0.3, 0.4) is 0 Å². The topological polar surface area (TPSA) is 77.8 Å². The van der Waals surface area contributed by atoms with Gasteiger partial charge in [0, 0.05) is 6.54 Å². The summed E-state index contributed by atoms with van der Waals surface area (Å²) in [6, 6.07) is 0. The van der Waals surface area contributed by atoms with Gasteiger partial charge in [-0.1, -0.05) is 6.08 Å². The van der Waals surface area contributed by atoms with Gasteiger partial charge in [0.05, 0.1) is 18.1 Å². The van der Waals surface area contributed by atoms with Crippen LogP contribution in [0.5, 0.6) is 0 Å². The number of hydrogen-bond acceptors (Lipinski definition) is 4. The van der Waals surface area contributed by atoms with Crippen LogP contribution in [0.15, 0.2) is 18.5 Å². The molecule has 0 atom stereocenters. The van der Waals surface area contributed by atoms with E-state index >= 15 is 0 Å². The summed E-state index contributed by atoms with van der Waals surface area (Å²) in [4.78, 5) is 7.84. The zero-order valence-electron chi connectivity index (χ0n) is 6.07. The van der Waals surface area contributed by atoms with Crippen molar-refractivity contribution in [3.05, 3.63) is 24.2 Å². The van der Waals surface area contributed by atoms with Gasteiger partial charge >= 0.3 is 0 Å². The number of nitrogens with two attached hydrogens (primary N) is 2. The van der Waals surface area contributed by atoms with Crippen molar-refractivity contribution in [2.45, 2.75) is 0 Å². The molecule has 0 saturated carbocycles. The first-order chi connectivity index (χ1) is 5.33. The lowest BCUT2D eigenvalue weighted by molar-refractivity contribution is 1.18. The van der Waals surface area contributed by atoms with Gasteiger partial charge in [0.25, 0.3) is 0 Å². The SMILES string of the molecule is NCC=Cc1cnc(N)cn1. The maximum atomic E-state index is 5.33. The first-order valence-electron chi connectivity index (χ1n) is 3.27.